The summed E-state index contributed by atoms with van der Waals surface area (Å²) in [6.07, 6.45) is 0. The minimum absolute atomic E-state index is 0.312. The van der Waals surface area contributed by atoms with Gasteiger partial charge in [-0.25, -0.2) is 0 Å². The second-order valence-corrected chi connectivity index (χ2v) is 6.10. The summed E-state index contributed by atoms with van der Waals surface area (Å²) in [5.41, 5.74) is 1.84. The molecule has 2 aromatic rings. The van der Waals surface area contributed by atoms with Gasteiger partial charge in [-0.2, -0.15) is 5.10 Å². The molecule has 0 atom stereocenters. The summed E-state index contributed by atoms with van der Waals surface area (Å²) in [5.74, 6) is -0.670. The third-order valence-electron chi connectivity index (χ3n) is 3.29. The molecule has 2 amide bonds. The van der Waals surface area contributed by atoms with Crippen LogP contribution in [-0.2, 0) is 6.54 Å². The van der Waals surface area contributed by atoms with Crippen LogP contribution in [0.15, 0.2) is 22.8 Å². The van der Waals surface area contributed by atoms with E-state index in [2.05, 4.69) is 31.7 Å². The molecule has 0 unspecified atom stereocenters. The first-order chi connectivity index (χ1) is 10.9. The largest absolute Gasteiger partial charge is 0.355 e. The zero-order valence-electron chi connectivity index (χ0n) is 12.9. The number of carbonyl (C=O) groups is 2. The van der Waals surface area contributed by atoms with Crippen molar-refractivity contribution in [2.45, 2.75) is 20.4 Å². The van der Waals surface area contributed by atoms with Crippen molar-refractivity contribution in [3.8, 4) is 0 Å². The number of nitrogens with one attached hydrogen (secondary N) is 2. The minimum Gasteiger partial charge on any atom is -0.355 e. The number of hydrogen-bond donors (Lipinski definition) is 2. The van der Waals surface area contributed by atoms with Crippen molar-refractivity contribution in [2.75, 3.05) is 12.4 Å². The fourth-order valence-corrected chi connectivity index (χ4v) is 2.89. The summed E-state index contributed by atoms with van der Waals surface area (Å²) in [4.78, 5) is 24.6. The molecule has 122 valence electrons. The standard InChI is InChI=1S/C15H16BrClN4O2/c1-4-21-11(7-12(16)20-21)15(23)19-13-8(2)5-9(17)6-10(13)14(22)18-3/h5-7H,4H2,1-3H3,(H,18,22)(H,19,23). The van der Waals surface area contributed by atoms with Crippen LogP contribution < -0.4 is 10.6 Å². The average Bonchev–Trinajstić information content (AvgIpc) is 2.89. The molecule has 0 spiro atoms. The van der Waals surface area contributed by atoms with Gasteiger partial charge in [0.25, 0.3) is 11.8 Å². The summed E-state index contributed by atoms with van der Waals surface area (Å²) in [7, 11) is 1.52. The molecule has 23 heavy (non-hydrogen) atoms. The van der Waals surface area contributed by atoms with Gasteiger partial charge in [-0.1, -0.05) is 11.6 Å². The van der Waals surface area contributed by atoms with E-state index in [9.17, 15) is 9.59 Å². The van der Waals surface area contributed by atoms with Crippen molar-refractivity contribution in [2.24, 2.45) is 0 Å². The molecule has 2 N–H and O–H groups in total. The van der Waals surface area contributed by atoms with E-state index in [0.717, 1.165) is 0 Å². The molecule has 0 aliphatic carbocycles. The molecule has 8 heteroatoms. The maximum Gasteiger partial charge on any atom is 0.274 e. The maximum atomic E-state index is 12.5. The summed E-state index contributed by atoms with van der Waals surface area (Å²) < 4.78 is 2.15. The van der Waals surface area contributed by atoms with Crippen LogP contribution in [0.4, 0.5) is 5.69 Å². The number of hydrogen-bond acceptors (Lipinski definition) is 3. The van der Waals surface area contributed by atoms with E-state index >= 15 is 0 Å². The molecule has 0 fully saturated rings. The highest BCUT2D eigenvalue weighted by Crippen LogP contribution is 2.26. The third-order valence-corrected chi connectivity index (χ3v) is 3.90. The zero-order chi connectivity index (χ0) is 17.1. The van der Waals surface area contributed by atoms with E-state index in [-0.39, 0.29) is 11.8 Å². The zero-order valence-corrected chi connectivity index (χ0v) is 15.2. The summed E-state index contributed by atoms with van der Waals surface area (Å²) >= 11 is 9.27. The quantitative estimate of drug-likeness (QED) is 0.828. The van der Waals surface area contributed by atoms with Gasteiger partial charge < -0.3 is 10.6 Å². The fraction of sp³-hybridized carbons (Fsp3) is 0.267. The first kappa shape index (κ1) is 17.5. The second kappa shape index (κ2) is 7.14. The highest BCUT2D eigenvalue weighted by Gasteiger charge is 2.19. The summed E-state index contributed by atoms with van der Waals surface area (Å²) in [6, 6.07) is 4.84. The molecule has 0 aliphatic heterocycles. The predicted molar refractivity (Wildman–Crippen MR) is 93.1 cm³/mol. The number of rotatable bonds is 4. The van der Waals surface area contributed by atoms with E-state index < -0.39 is 0 Å². The van der Waals surface area contributed by atoms with Crippen molar-refractivity contribution in [3.63, 3.8) is 0 Å². The molecule has 0 saturated heterocycles. The van der Waals surface area contributed by atoms with Crippen LogP contribution in [0.3, 0.4) is 0 Å². The fourth-order valence-electron chi connectivity index (χ4n) is 2.21. The van der Waals surface area contributed by atoms with Gasteiger partial charge in [-0.15, -0.1) is 0 Å². The Balaban J connectivity index is 2.43. The van der Waals surface area contributed by atoms with Crippen LogP contribution >= 0.6 is 27.5 Å². The smallest absolute Gasteiger partial charge is 0.274 e. The molecular formula is C15H16BrClN4O2. The highest BCUT2D eigenvalue weighted by atomic mass is 79.9. The lowest BCUT2D eigenvalue weighted by Crippen LogP contribution is -2.23. The van der Waals surface area contributed by atoms with Crippen molar-refractivity contribution in [1.29, 1.82) is 0 Å². The number of anilines is 1. The number of aryl methyl sites for hydroxylation is 2. The number of benzene rings is 1. The second-order valence-electron chi connectivity index (χ2n) is 4.85. The Morgan fingerprint density at radius 1 is 1.30 bits per heavy atom. The number of nitrogens with zero attached hydrogens (tertiary/aromatic N) is 2. The third kappa shape index (κ3) is 3.73. The topological polar surface area (TPSA) is 76.0 Å². The van der Waals surface area contributed by atoms with Crippen LogP contribution in [0.25, 0.3) is 0 Å². The summed E-state index contributed by atoms with van der Waals surface area (Å²) in [5, 5.41) is 9.93. The molecule has 1 aromatic carbocycles. The lowest BCUT2D eigenvalue weighted by Gasteiger charge is -2.14. The van der Waals surface area contributed by atoms with Crippen LogP contribution in [0.2, 0.25) is 5.02 Å². The molecule has 0 bridgehead atoms. The molecule has 1 aromatic heterocycles. The molecule has 0 aliphatic rings. The van der Waals surface area contributed by atoms with E-state index in [4.69, 9.17) is 11.6 Å². The Hall–Kier alpha value is -1.86. The minimum atomic E-state index is -0.347. The Kier molecular flexibility index (Phi) is 5.43. The van der Waals surface area contributed by atoms with E-state index in [1.807, 2.05) is 6.92 Å². The first-order valence-corrected chi connectivity index (χ1v) is 8.11. The van der Waals surface area contributed by atoms with Gasteiger partial charge >= 0.3 is 0 Å². The van der Waals surface area contributed by atoms with E-state index in [1.165, 1.54) is 13.1 Å². The van der Waals surface area contributed by atoms with E-state index in [1.54, 1.807) is 23.7 Å². The average molecular weight is 400 g/mol. The van der Waals surface area contributed by atoms with Gasteiger partial charge in [-0.05, 0) is 47.5 Å². The van der Waals surface area contributed by atoms with Crippen molar-refractivity contribution in [1.82, 2.24) is 15.1 Å². The normalized spacial score (nSPS) is 10.5. The number of aromatic nitrogens is 2. The van der Waals surface area contributed by atoms with E-state index in [0.29, 0.717) is 38.7 Å². The number of carbonyl (C=O) groups excluding carboxylic acids is 2. The highest BCUT2D eigenvalue weighted by molar-refractivity contribution is 9.10. The number of amides is 2. The predicted octanol–water partition coefficient (Wildman–Crippen LogP) is 3.24. The van der Waals surface area contributed by atoms with Crippen LogP contribution in [-0.4, -0.2) is 28.6 Å². The monoisotopic (exact) mass is 398 g/mol. The Morgan fingerprint density at radius 2 is 2.00 bits per heavy atom. The molecule has 0 radical (unpaired) electrons. The SMILES string of the molecule is CCn1nc(Br)cc1C(=O)Nc1c(C)cc(Cl)cc1C(=O)NC. The maximum absolute atomic E-state index is 12.5. The van der Waals surface area contributed by atoms with Gasteiger partial charge in [0, 0.05) is 24.7 Å². The van der Waals surface area contributed by atoms with Gasteiger partial charge in [0.1, 0.15) is 10.3 Å². The van der Waals surface area contributed by atoms with Crippen molar-refractivity contribution >= 4 is 45.0 Å². The Labute approximate surface area is 147 Å². The van der Waals surface area contributed by atoms with Crippen LogP contribution in [0.5, 0.6) is 0 Å². The molecular weight excluding hydrogens is 384 g/mol. The van der Waals surface area contributed by atoms with Crippen molar-refractivity contribution in [3.05, 3.63) is 44.6 Å². The Bertz CT molecular complexity index is 773. The van der Waals surface area contributed by atoms with Gasteiger partial charge in [-0.3, -0.25) is 14.3 Å². The molecule has 1 heterocycles. The van der Waals surface area contributed by atoms with Gasteiger partial charge in [0.05, 0.1) is 11.3 Å². The van der Waals surface area contributed by atoms with Crippen LogP contribution in [0.1, 0.15) is 33.3 Å². The molecule has 6 nitrogen and oxygen atoms in total. The van der Waals surface area contributed by atoms with Crippen LogP contribution in [0, 0.1) is 6.92 Å². The lowest BCUT2D eigenvalue weighted by atomic mass is 10.1. The number of halogens is 2. The first-order valence-electron chi connectivity index (χ1n) is 6.94. The molecule has 2 rings (SSSR count). The Morgan fingerprint density at radius 3 is 2.61 bits per heavy atom. The van der Waals surface area contributed by atoms with Gasteiger partial charge in [0.2, 0.25) is 0 Å². The van der Waals surface area contributed by atoms with Gasteiger partial charge in [0.15, 0.2) is 0 Å². The molecule has 0 saturated carbocycles. The lowest BCUT2D eigenvalue weighted by molar-refractivity contribution is 0.0964. The summed E-state index contributed by atoms with van der Waals surface area (Å²) in [6.45, 7) is 4.22. The van der Waals surface area contributed by atoms with Crippen molar-refractivity contribution < 1.29 is 9.59 Å².